The molecule has 6 nitrogen and oxygen atoms in total. The fourth-order valence-electron chi connectivity index (χ4n) is 3.49. The number of amides is 1. The van der Waals surface area contributed by atoms with Gasteiger partial charge in [-0.05, 0) is 44.9 Å². The molecule has 0 radical (unpaired) electrons. The zero-order valence-electron chi connectivity index (χ0n) is 15.6. The lowest BCUT2D eigenvalue weighted by Gasteiger charge is -2.37. The maximum Gasteiger partial charge on any atom is 0.272 e. The lowest BCUT2D eigenvalue weighted by atomic mass is 10.0. The Morgan fingerprint density at radius 2 is 2.08 bits per heavy atom. The highest BCUT2D eigenvalue weighted by atomic mass is 16.2. The van der Waals surface area contributed by atoms with E-state index in [2.05, 4.69) is 46.2 Å². The molecule has 1 amide bonds. The van der Waals surface area contributed by atoms with Crippen LogP contribution in [-0.4, -0.2) is 58.4 Å². The van der Waals surface area contributed by atoms with Crippen LogP contribution >= 0.6 is 0 Å². The van der Waals surface area contributed by atoms with Crippen LogP contribution in [0, 0.1) is 6.92 Å². The summed E-state index contributed by atoms with van der Waals surface area (Å²) < 4.78 is 0. The molecule has 2 heterocycles. The molecule has 138 valence electrons. The van der Waals surface area contributed by atoms with Crippen molar-refractivity contribution in [1.82, 2.24) is 19.8 Å². The first-order valence-electron chi connectivity index (χ1n) is 9.17. The molecule has 1 saturated heterocycles. The summed E-state index contributed by atoms with van der Waals surface area (Å²) in [4.78, 5) is 25.2. The molecule has 0 spiro atoms. The molecular formula is C20H27N5O. The average Bonchev–Trinajstić information content (AvgIpc) is 2.65. The molecule has 2 aromatic rings. The third kappa shape index (κ3) is 4.58. The lowest BCUT2D eigenvalue weighted by Crippen LogP contribution is -2.49. The van der Waals surface area contributed by atoms with Crippen molar-refractivity contribution in [1.29, 1.82) is 0 Å². The zero-order chi connectivity index (χ0) is 18.5. The van der Waals surface area contributed by atoms with Gasteiger partial charge in [-0.15, -0.1) is 0 Å². The predicted molar refractivity (Wildman–Crippen MR) is 103 cm³/mol. The van der Waals surface area contributed by atoms with Gasteiger partial charge in [-0.3, -0.25) is 4.79 Å². The van der Waals surface area contributed by atoms with Crippen LogP contribution in [0.5, 0.6) is 0 Å². The number of nitrogens with zero attached hydrogens (tertiary/aromatic N) is 4. The number of likely N-dealkylation sites (tertiary alicyclic amines) is 1. The minimum atomic E-state index is -0.0524. The molecule has 0 saturated carbocycles. The van der Waals surface area contributed by atoms with Crippen LogP contribution in [0.3, 0.4) is 0 Å². The molecule has 1 fully saturated rings. The SMILES string of the molecule is Cc1cc(C(=O)N2CCC[C@@H](N(C)CCc3ccccc3)C2)nc(N)n1. The summed E-state index contributed by atoms with van der Waals surface area (Å²) in [7, 11) is 2.15. The van der Waals surface area contributed by atoms with E-state index in [4.69, 9.17) is 5.73 Å². The number of likely N-dealkylation sites (N-methyl/N-ethyl adjacent to an activating group) is 1. The van der Waals surface area contributed by atoms with Crippen molar-refractivity contribution in [3.05, 3.63) is 53.3 Å². The standard InChI is InChI=1S/C20H27N5O/c1-15-13-18(23-20(21)22-15)19(26)25-11-6-9-17(14-25)24(2)12-10-16-7-4-3-5-8-16/h3-5,7-8,13,17H,6,9-12,14H2,1-2H3,(H2,21,22,23)/t17-/m1/s1. The van der Waals surface area contributed by atoms with Gasteiger partial charge in [0.25, 0.3) is 5.91 Å². The molecule has 6 heteroatoms. The molecule has 0 bridgehead atoms. The molecule has 1 atom stereocenters. The normalized spacial score (nSPS) is 17.5. The van der Waals surface area contributed by atoms with E-state index in [1.54, 1.807) is 6.07 Å². The van der Waals surface area contributed by atoms with Gasteiger partial charge in [-0.25, -0.2) is 9.97 Å². The van der Waals surface area contributed by atoms with E-state index in [-0.39, 0.29) is 11.9 Å². The van der Waals surface area contributed by atoms with E-state index in [1.807, 2.05) is 17.9 Å². The molecule has 1 aliphatic heterocycles. The topological polar surface area (TPSA) is 75.4 Å². The van der Waals surface area contributed by atoms with Crippen molar-refractivity contribution in [3.8, 4) is 0 Å². The van der Waals surface area contributed by atoms with Crippen LogP contribution in [0.15, 0.2) is 36.4 Å². The van der Waals surface area contributed by atoms with Gasteiger partial charge in [-0.2, -0.15) is 0 Å². The van der Waals surface area contributed by atoms with E-state index in [1.165, 1.54) is 5.56 Å². The number of nitrogens with two attached hydrogens (primary N) is 1. The van der Waals surface area contributed by atoms with Gasteiger partial charge in [0.05, 0.1) is 0 Å². The fourth-order valence-corrected chi connectivity index (χ4v) is 3.49. The number of nitrogen functional groups attached to an aromatic ring is 1. The number of aryl methyl sites for hydroxylation is 1. The predicted octanol–water partition coefficient (Wildman–Crippen LogP) is 2.15. The number of benzene rings is 1. The minimum Gasteiger partial charge on any atom is -0.368 e. The van der Waals surface area contributed by atoms with Crippen molar-refractivity contribution >= 4 is 11.9 Å². The minimum absolute atomic E-state index is 0.0524. The second-order valence-electron chi connectivity index (χ2n) is 7.02. The number of anilines is 1. The fraction of sp³-hybridized carbons (Fsp3) is 0.450. The van der Waals surface area contributed by atoms with Crippen molar-refractivity contribution in [2.24, 2.45) is 0 Å². The Balaban J connectivity index is 1.60. The average molecular weight is 353 g/mol. The number of piperidine rings is 1. The van der Waals surface area contributed by atoms with Crippen molar-refractivity contribution in [3.63, 3.8) is 0 Å². The second kappa shape index (κ2) is 8.27. The molecule has 1 aliphatic rings. The third-order valence-electron chi connectivity index (χ3n) is 4.99. The van der Waals surface area contributed by atoms with Crippen molar-refractivity contribution < 1.29 is 4.79 Å². The Labute approximate surface area is 155 Å². The summed E-state index contributed by atoms with van der Waals surface area (Å²) in [5, 5.41) is 0. The van der Waals surface area contributed by atoms with Gasteiger partial charge in [0, 0.05) is 31.4 Å². The smallest absolute Gasteiger partial charge is 0.272 e. The van der Waals surface area contributed by atoms with E-state index in [0.717, 1.165) is 44.6 Å². The number of carbonyl (C=O) groups is 1. The highest BCUT2D eigenvalue weighted by molar-refractivity contribution is 5.92. The van der Waals surface area contributed by atoms with Crippen LogP contribution < -0.4 is 5.73 Å². The molecule has 0 unspecified atom stereocenters. The number of carbonyl (C=O) groups excluding carboxylic acids is 1. The first kappa shape index (κ1) is 18.3. The maximum atomic E-state index is 12.8. The number of hydrogen-bond donors (Lipinski definition) is 1. The van der Waals surface area contributed by atoms with Crippen LogP contribution in [0.1, 0.15) is 34.6 Å². The van der Waals surface area contributed by atoms with E-state index in [0.29, 0.717) is 11.7 Å². The van der Waals surface area contributed by atoms with E-state index < -0.39 is 0 Å². The van der Waals surface area contributed by atoms with Gasteiger partial charge in [-0.1, -0.05) is 30.3 Å². The molecule has 1 aromatic carbocycles. The maximum absolute atomic E-state index is 12.8. The van der Waals surface area contributed by atoms with Crippen molar-refractivity contribution in [2.45, 2.75) is 32.2 Å². The van der Waals surface area contributed by atoms with Gasteiger partial charge >= 0.3 is 0 Å². The Morgan fingerprint density at radius 1 is 1.31 bits per heavy atom. The van der Waals surface area contributed by atoms with Gasteiger partial charge in [0.2, 0.25) is 5.95 Å². The summed E-state index contributed by atoms with van der Waals surface area (Å²) in [5.41, 5.74) is 8.15. The Hall–Kier alpha value is -2.47. The number of aromatic nitrogens is 2. The van der Waals surface area contributed by atoms with Crippen molar-refractivity contribution in [2.75, 3.05) is 32.4 Å². The van der Waals surface area contributed by atoms with Gasteiger partial charge in [0.1, 0.15) is 5.69 Å². The summed E-state index contributed by atoms with van der Waals surface area (Å²) >= 11 is 0. The molecule has 3 rings (SSSR count). The molecular weight excluding hydrogens is 326 g/mol. The second-order valence-corrected chi connectivity index (χ2v) is 7.02. The van der Waals surface area contributed by atoms with Gasteiger partial charge < -0.3 is 15.5 Å². The largest absolute Gasteiger partial charge is 0.368 e. The lowest BCUT2D eigenvalue weighted by molar-refractivity contribution is 0.0606. The highest BCUT2D eigenvalue weighted by Crippen LogP contribution is 2.18. The van der Waals surface area contributed by atoms with Crippen LogP contribution in [0.2, 0.25) is 0 Å². The first-order chi connectivity index (χ1) is 12.5. The Morgan fingerprint density at radius 3 is 2.81 bits per heavy atom. The number of hydrogen-bond acceptors (Lipinski definition) is 5. The zero-order valence-corrected chi connectivity index (χ0v) is 15.6. The molecule has 2 N–H and O–H groups in total. The molecule has 1 aromatic heterocycles. The molecule has 0 aliphatic carbocycles. The quantitative estimate of drug-likeness (QED) is 0.891. The van der Waals surface area contributed by atoms with Crippen LogP contribution in [-0.2, 0) is 6.42 Å². The summed E-state index contributed by atoms with van der Waals surface area (Å²) in [6, 6.07) is 12.6. The molecule has 26 heavy (non-hydrogen) atoms. The Kier molecular flexibility index (Phi) is 5.83. The summed E-state index contributed by atoms with van der Waals surface area (Å²) in [6.07, 6.45) is 3.13. The van der Waals surface area contributed by atoms with Crippen LogP contribution in [0.4, 0.5) is 5.95 Å². The number of rotatable bonds is 5. The van der Waals surface area contributed by atoms with Crippen LogP contribution in [0.25, 0.3) is 0 Å². The van der Waals surface area contributed by atoms with Gasteiger partial charge in [0.15, 0.2) is 0 Å². The first-order valence-corrected chi connectivity index (χ1v) is 9.17. The monoisotopic (exact) mass is 353 g/mol. The van der Waals surface area contributed by atoms with E-state index >= 15 is 0 Å². The Bertz CT molecular complexity index is 729. The van der Waals surface area contributed by atoms with E-state index in [9.17, 15) is 4.79 Å². The highest BCUT2D eigenvalue weighted by Gasteiger charge is 2.27. The third-order valence-corrected chi connectivity index (χ3v) is 4.99. The summed E-state index contributed by atoms with van der Waals surface area (Å²) in [6.45, 7) is 4.30. The summed E-state index contributed by atoms with van der Waals surface area (Å²) in [5.74, 6) is 0.102.